The maximum Gasteiger partial charge on any atom is 0.174 e. The standard InChI is InChI=1S/C25H22N4OS/c1-17-7-2-3-10-22(17)30-19-13-11-18(12-14-19)29-24(21-9-6-16-27-21)23(28-25(29)31)20-8-4-5-15-26-20/h2-16,23-24,27H,1H3,(H,28,31)/t23-,24+/m0/s1. The lowest BCUT2D eigenvalue weighted by atomic mass is 10.0. The van der Waals surface area contributed by atoms with Crippen LogP contribution in [-0.4, -0.2) is 15.1 Å². The van der Waals surface area contributed by atoms with E-state index in [9.17, 15) is 0 Å². The Morgan fingerprint density at radius 2 is 1.74 bits per heavy atom. The number of ether oxygens (including phenoxy) is 1. The fourth-order valence-corrected chi connectivity index (χ4v) is 4.30. The Bertz CT molecular complexity index is 1180. The molecule has 2 N–H and O–H groups in total. The second-order valence-electron chi connectivity index (χ2n) is 7.48. The van der Waals surface area contributed by atoms with Gasteiger partial charge in [0.2, 0.25) is 0 Å². The van der Waals surface area contributed by atoms with Crippen LogP contribution in [0.3, 0.4) is 0 Å². The third-order valence-corrected chi connectivity index (χ3v) is 5.79. The first-order valence-corrected chi connectivity index (χ1v) is 10.6. The molecule has 154 valence electrons. The highest BCUT2D eigenvalue weighted by molar-refractivity contribution is 7.80. The summed E-state index contributed by atoms with van der Waals surface area (Å²) in [4.78, 5) is 10.1. The van der Waals surface area contributed by atoms with Crippen molar-refractivity contribution in [1.82, 2.24) is 15.3 Å². The molecule has 1 aliphatic rings. The normalized spacial score (nSPS) is 18.1. The fraction of sp³-hybridized carbons (Fsp3) is 0.120. The van der Waals surface area contributed by atoms with Crippen LogP contribution in [0.5, 0.6) is 11.5 Å². The molecule has 0 radical (unpaired) electrons. The number of nitrogens with one attached hydrogen (secondary N) is 2. The third kappa shape index (κ3) is 3.78. The molecule has 0 aliphatic carbocycles. The number of para-hydroxylation sites is 1. The quantitative estimate of drug-likeness (QED) is 0.402. The Hall–Kier alpha value is -3.64. The molecule has 0 amide bonds. The summed E-state index contributed by atoms with van der Waals surface area (Å²) < 4.78 is 6.06. The van der Waals surface area contributed by atoms with Gasteiger partial charge < -0.3 is 19.9 Å². The highest BCUT2D eigenvalue weighted by atomic mass is 32.1. The van der Waals surface area contributed by atoms with E-state index in [0.29, 0.717) is 5.11 Å². The molecule has 2 atom stereocenters. The Morgan fingerprint density at radius 3 is 2.45 bits per heavy atom. The molecule has 0 saturated carbocycles. The lowest BCUT2D eigenvalue weighted by Gasteiger charge is -2.27. The largest absolute Gasteiger partial charge is 0.457 e. The molecule has 0 unspecified atom stereocenters. The maximum atomic E-state index is 6.06. The molecule has 4 aromatic rings. The Morgan fingerprint density at radius 1 is 0.935 bits per heavy atom. The van der Waals surface area contributed by atoms with Gasteiger partial charge in [-0.05, 0) is 79.3 Å². The number of benzene rings is 2. The first-order valence-electron chi connectivity index (χ1n) is 10.2. The predicted octanol–water partition coefficient (Wildman–Crippen LogP) is 5.69. The van der Waals surface area contributed by atoms with E-state index in [1.165, 1.54) is 0 Å². The van der Waals surface area contributed by atoms with Crippen LogP contribution in [0.4, 0.5) is 5.69 Å². The van der Waals surface area contributed by atoms with Crippen molar-refractivity contribution in [2.24, 2.45) is 0 Å². The van der Waals surface area contributed by atoms with Gasteiger partial charge in [0.1, 0.15) is 17.5 Å². The first-order chi connectivity index (χ1) is 15.2. The van der Waals surface area contributed by atoms with Gasteiger partial charge in [-0.15, -0.1) is 0 Å². The zero-order chi connectivity index (χ0) is 21.2. The summed E-state index contributed by atoms with van der Waals surface area (Å²) >= 11 is 5.75. The molecule has 1 fully saturated rings. The third-order valence-electron chi connectivity index (χ3n) is 5.48. The van der Waals surface area contributed by atoms with Crippen molar-refractivity contribution in [2.45, 2.75) is 19.0 Å². The number of H-pyrrole nitrogens is 1. The van der Waals surface area contributed by atoms with E-state index in [1.807, 2.05) is 92.1 Å². The molecule has 1 saturated heterocycles. The van der Waals surface area contributed by atoms with Crippen molar-refractivity contribution in [3.05, 3.63) is 108 Å². The van der Waals surface area contributed by atoms with Gasteiger partial charge in [-0.25, -0.2) is 0 Å². The molecule has 5 rings (SSSR count). The van der Waals surface area contributed by atoms with Crippen LogP contribution in [-0.2, 0) is 0 Å². The van der Waals surface area contributed by atoms with Crippen molar-refractivity contribution >= 4 is 23.0 Å². The molecule has 5 nitrogen and oxygen atoms in total. The van der Waals surface area contributed by atoms with Crippen LogP contribution in [0.25, 0.3) is 0 Å². The molecule has 2 aromatic carbocycles. The lowest BCUT2D eigenvalue weighted by molar-refractivity contribution is 0.479. The van der Waals surface area contributed by atoms with Crippen molar-refractivity contribution < 1.29 is 4.74 Å². The van der Waals surface area contributed by atoms with E-state index in [2.05, 4.69) is 26.3 Å². The molecular weight excluding hydrogens is 404 g/mol. The number of nitrogens with zero attached hydrogens (tertiary/aromatic N) is 2. The zero-order valence-corrected chi connectivity index (χ0v) is 17.8. The van der Waals surface area contributed by atoms with Gasteiger partial charge in [-0.2, -0.15) is 0 Å². The molecule has 6 heteroatoms. The summed E-state index contributed by atoms with van der Waals surface area (Å²) in [7, 11) is 0. The number of hydrogen-bond donors (Lipinski definition) is 2. The SMILES string of the molecule is Cc1ccccc1Oc1ccc(N2C(=S)N[C@@H](c3ccccn3)[C@H]2c2ccc[nH]2)cc1. The van der Waals surface area contributed by atoms with Gasteiger partial charge in [-0.3, -0.25) is 4.98 Å². The van der Waals surface area contributed by atoms with E-state index in [4.69, 9.17) is 17.0 Å². The lowest BCUT2D eigenvalue weighted by Crippen LogP contribution is -2.29. The van der Waals surface area contributed by atoms with Gasteiger partial charge in [0.05, 0.1) is 11.7 Å². The first kappa shape index (κ1) is 19.3. The monoisotopic (exact) mass is 426 g/mol. The smallest absolute Gasteiger partial charge is 0.174 e. The minimum absolute atomic E-state index is 0.0412. The van der Waals surface area contributed by atoms with Crippen LogP contribution in [0.2, 0.25) is 0 Å². The van der Waals surface area contributed by atoms with Crippen molar-refractivity contribution in [1.29, 1.82) is 0 Å². The summed E-state index contributed by atoms with van der Waals surface area (Å²) in [6.45, 7) is 2.04. The maximum absolute atomic E-state index is 6.06. The number of aromatic amines is 1. The molecular formula is C25H22N4OS. The Kier molecular flexibility index (Phi) is 5.14. The number of hydrogen-bond acceptors (Lipinski definition) is 3. The molecule has 0 bridgehead atoms. The number of anilines is 1. The predicted molar refractivity (Wildman–Crippen MR) is 126 cm³/mol. The van der Waals surface area contributed by atoms with Crippen molar-refractivity contribution in [3.63, 3.8) is 0 Å². The van der Waals surface area contributed by atoms with Crippen LogP contribution in [0, 0.1) is 6.92 Å². The van der Waals surface area contributed by atoms with Crippen LogP contribution in [0.15, 0.2) is 91.3 Å². The van der Waals surface area contributed by atoms with Crippen LogP contribution >= 0.6 is 12.2 Å². The summed E-state index contributed by atoms with van der Waals surface area (Å²) in [6.07, 6.45) is 3.75. The van der Waals surface area contributed by atoms with Crippen molar-refractivity contribution in [3.8, 4) is 11.5 Å². The summed E-state index contributed by atoms with van der Waals surface area (Å²) in [6, 6.07) is 26.0. The van der Waals surface area contributed by atoms with Crippen LogP contribution < -0.4 is 15.0 Å². The van der Waals surface area contributed by atoms with Crippen molar-refractivity contribution in [2.75, 3.05) is 4.90 Å². The number of thiocarbonyl (C=S) groups is 1. The van der Waals surface area contributed by atoms with E-state index in [1.54, 1.807) is 0 Å². The Labute approximate surface area is 186 Å². The number of rotatable bonds is 5. The zero-order valence-electron chi connectivity index (χ0n) is 17.0. The molecule has 3 heterocycles. The number of aryl methyl sites for hydroxylation is 1. The average molecular weight is 427 g/mol. The topological polar surface area (TPSA) is 53.2 Å². The Balaban J connectivity index is 1.46. The summed E-state index contributed by atoms with van der Waals surface area (Å²) in [5.41, 5.74) is 4.11. The van der Waals surface area contributed by atoms with E-state index in [0.717, 1.165) is 34.1 Å². The molecule has 1 aliphatic heterocycles. The fourth-order valence-electron chi connectivity index (χ4n) is 3.95. The summed E-state index contributed by atoms with van der Waals surface area (Å²) in [5.74, 6) is 1.64. The van der Waals surface area contributed by atoms with Gasteiger partial charge in [0.25, 0.3) is 0 Å². The summed E-state index contributed by atoms with van der Waals surface area (Å²) in [5, 5.41) is 4.13. The van der Waals surface area contributed by atoms with Gasteiger partial charge in [0.15, 0.2) is 5.11 Å². The molecule has 2 aromatic heterocycles. The van der Waals surface area contributed by atoms with Gasteiger partial charge >= 0.3 is 0 Å². The second-order valence-corrected chi connectivity index (χ2v) is 7.87. The van der Waals surface area contributed by atoms with Gasteiger partial charge in [0, 0.05) is 23.8 Å². The van der Waals surface area contributed by atoms with Gasteiger partial charge in [-0.1, -0.05) is 24.3 Å². The minimum atomic E-state index is -0.0600. The molecule has 0 spiro atoms. The van der Waals surface area contributed by atoms with Crippen LogP contribution in [0.1, 0.15) is 29.0 Å². The minimum Gasteiger partial charge on any atom is -0.457 e. The second kappa shape index (κ2) is 8.24. The average Bonchev–Trinajstić information content (AvgIpc) is 3.44. The van der Waals surface area contributed by atoms with E-state index >= 15 is 0 Å². The van der Waals surface area contributed by atoms with E-state index < -0.39 is 0 Å². The highest BCUT2D eigenvalue weighted by Gasteiger charge is 2.41. The number of pyridine rings is 1. The number of aromatic nitrogens is 2. The van der Waals surface area contributed by atoms with E-state index in [-0.39, 0.29) is 12.1 Å². The highest BCUT2D eigenvalue weighted by Crippen LogP contribution is 2.41. The molecule has 31 heavy (non-hydrogen) atoms.